The highest BCUT2D eigenvalue weighted by molar-refractivity contribution is 6.04. The molecule has 0 unspecified atom stereocenters. The maximum absolute atomic E-state index is 14.7. The summed E-state index contributed by atoms with van der Waals surface area (Å²) in [4.78, 5) is 36.6. The fourth-order valence-corrected chi connectivity index (χ4v) is 3.81. The van der Waals surface area contributed by atoms with E-state index in [1.165, 1.54) is 24.8 Å². The van der Waals surface area contributed by atoms with Gasteiger partial charge in [0.25, 0.3) is 11.8 Å². The number of hydrogen-bond acceptors (Lipinski definition) is 8. The van der Waals surface area contributed by atoms with E-state index in [9.17, 15) is 14.0 Å². The maximum Gasteiger partial charge on any atom is 0.255 e. The van der Waals surface area contributed by atoms with Crippen LogP contribution >= 0.6 is 0 Å². The van der Waals surface area contributed by atoms with Crippen LogP contribution in [0.2, 0.25) is 0 Å². The summed E-state index contributed by atoms with van der Waals surface area (Å²) in [5, 5.41) is 8.75. The highest BCUT2D eigenvalue weighted by Crippen LogP contribution is 2.27. The molecule has 0 bridgehead atoms. The van der Waals surface area contributed by atoms with Crippen LogP contribution in [0.1, 0.15) is 46.4 Å². The Labute approximate surface area is 195 Å². The zero-order valence-corrected chi connectivity index (χ0v) is 18.3. The van der Waals surface area contributed by atoms with Gasteiger partial charge in [-0.15, -0.1) is 0 Å². The van der Waals surface area contributed by atoms with E-state index in [-0.39, 0.29) is 35.2 Å². The van der Waals surface area contributed by atoms with Crippen LogP contribution in [-0.2, 0) is 0 Å². The Bertz CT molecular complexity index is 1190. The quantitative estimate of drug-likeness (QED) is 0.357. The summed E-state index contributed by atoms with van der Waals surface area (Å²) in [5.74, 6) is -1.85. The smallest absolute Gasteiger partial charge is 0.255 e. The van der Waals surface area contributed by atoms with Gasteiger partial charge in [-0.25, -0.2) is 9.37 Å². The molecule has 1 aliphatic carbocycles. The molecule has 1 fully saturated rings. The molecule has 0 aliphatic heterocycles. The summed E-state index contributed by atoms with van der Waals surface area (Å²) >= 11 is 0. The molecular weight excluding hydrogens is 439 g/mol. The molecule has 11 heteroatoms. The first-order chi connectivity index (χ1) is 16.4. The lowest BCUT2D eigenvalue weighted by Crippen LogP contribution is -2.43. The molecule has 2 atom stereocenters. The highest BCUT2D eigenvalue weighted by Gasteiger charge is 2.24. The zero-order valence-electron chi connectivity index (χ0n) is 18.3. The molecule has 1 saturated carbocycles. The summed E-state index contributed by atoms with van der Waals surface area (Å²) in [6.07, 6.45) is 9.63. The monoisotopic (exact) mass is 464 g/mol. The van der Waals surface area contributed by atoms with E-state index in [4.69, 9.17) is 11.5 Å². The third-order valence-corrected chi connectivity index (χ3v) is 5.58. The van der Waals surface area contributed by atoms with Gasteiger partial charge in [0.05, 0.1) is 29.3 Å². The molecule has 2 amide bonds. The lowest BCUT2D eigenvalue weighted by atomic mass is 9.91. The van der Waals surface area contributed by atoms with Crippen LogP contribution in [0.3, 0.4) is 0 Å². The van der Waals surface area contributed by atoms with Gasteiger partial charge in [0.15, 0.2) is 11.6 Å². The Kier molecular flexibility index (Phi) is 6.93. The van der Waals surface area contributed by atoms with Gasteiger partial charge in [-0.05, 0) is 37.1 Å². The molecule has 0 spiro atoms. The fraction of sp³-hybridized carbons (Fsp3) is 0.261. The Morgan fingerprint density at radius 3 is 2.47 bits per heavy atom. The Hall–Kier alpha value is -4.12. The number of aromatic nitrogens is 3. The first-order valence-corrected chi connectivity index (χ1v) is 10.9. The summed E-state index contributed by atoms with van der Waals surface area (Å²) in [6, 6.07) is 5.56. The van der Waals surface area contributed by atoms with Crippen molar-refractivity contribution in [2.75, 3.05) is 16.0 Å². The van der Waals surface area contributed by atoms with E-state index in [0.717, 1.165) is 31.7 Å². The molecule has 0 saturated heterocycles. The van der Waals surface area contributed by atoms with Crippen molar-refractivity contribution in [1.29, 1.82) is 0 Å². The predicted octanol–water partition coefficient (Wildman–Crippen LogP) is 2.79. The van der Waals surface area contributed by atoms with E-state index in [0.29, 0.717) is 16.9 Å². The number of amides is 2. The number of hydrogen-bond donors (Lipinski definition) is 5. The minimum absolute atomic E-state index is 0.0232. The average molecular weight is 465 g/mol. The van der Waals surface area contributed by atoms with Crippen molar-refractivity contribution in [3.05, 3.63) is 66.0 Å². The molecule has 4 rings (SSSR count). The number of halogens is 1. The lowest BCUT2D eigenvalue weighted by Gasteiger charge is -2.30. The fourth-order valence-electron chi connectivity index (χ4n) is 3.81. The molecule has 0 radical (unpaired) electrons. The first-order valence-electron chi connectivity index (χ1n) is 10.9. The van der Waals surface area contributed by atoms with Crippen molar-refractivity contribution in [3.63, 3.8) is 0 Å². The number of anilines is 4. The number of nitrogens with two attached hydrogens (primary N) is 2. The van der Waals surface area contributed by atoms with E-state index < -0.39 is 11.7 Å². The summed E-state index contributed by atoms with van der Waals surface area (Å²) in [5.41, 5.74) is 12.7. The Balaban J connectivity index is 1.57. The third-order valence-electron chi connectivity index (χ3n) is 5.58. The SMILES string of the molecule is NC(=O)c1cc(F)c(N[C@@H]2CCCC[C@@H]2N)nc1Nc1cncc(NC(=O)c2ccncc2)c1. The van der Waals surface area contributed by atoms with Gasteiger partial charge in [0.2, 0.25) is 0 Å². The van der Waals surface area contributed by atoms with Crippen molar-refractivity contribution >= 4 is 34.8 Å². The van der Waals surface area contributed by atoms with Crippen LogP contribution in [0.15, 0.2) is 49.1 Å². The van der Waals surface area contributed by atoms with Crippen molar-refractivity contribution in [2.24, 2.45) is 11.5 Å². The first kappa shape index (κ1) is 23.1. The summed E-state index contributed by atoms with van der Waals surface area (Å²) < 4.78 is 14.7. The summed E-state index contributed by atoms with van der Waals surface area (Å²) in [6.45, 7) is 0. The summed E-state index contributed by atoms with van der Waals surface area (Å²) in [7, 11) is 0. The minimum atomic E-state index is -0.843. The molecule has 0 aromatic carbocycles. The minimum Gasteiger partial charge on any atom is -0.365 e. The van der Waals surface area contributed by atoms with Crippen molar-refractivity contribution in [2.45, 2.75) is 37.8 Å². The Morgan fingerprint density at radius 2 is 1.74 bits per heavy atom. The van der Waals surface area contributed by atoms with Gasteiger partial charge in [-0.2, -0.15) is 0 Å². The number of carbonyl (C=O) groups is 2. The number of pyridine rings is 3. The van der Waals surface area contributed by atoms with Gasteiger partial charge in [-0.1, -0.05) is 12.8 Å². The number of carbonyl (C=O) groups excluding carboxylic acids is 2. The lowest BCUT2D eigenvalue weighted by molar-refractivity contribution is 0.0997. The van der Waals surface area contributed by atoms with Crippen LogP contribution in [-0.4, -0.2) is 38.8 Å². The number of nitrogens with zero attached hydrogens (tertiary/aromatic N) is 3. The second-order valence-electron chi connectivity index (χ2n) is 8.06. The van der Waals surface area contributed by atoms with Gasteiger partial charge in [0, 0.05) is 30.0 Å². The predicted molar refractivity (Wildman–Crippen MR) is 126 cm³/mol. The Morgan fingerprint density at radius 1 is 1.00 bits per heavy atom. The second kappa shape index (κ2) is 10.2. The van der Waals surface area contributed by atoms with Crippen molar-refractivity contribution in [1.82, 2.24) is 15.0 Å². The second-order valence-corrected chi connectivity index (χ2v) is 8.06. The zero-order chi connectivity index (χ0) is 24.1. The van der Waals surface area contributed by atoms with Gasteiger partial charge >= 0.3 is 0 Å². The average Bonchev–Trinajstić information content (AvgIpc) is 2.83. The maximum atomic E-state index is 14.7. The van der Waals surface area contributed by atoms with Gasteiger partial charge < -0.3 is 27.4 Å². The van der Waals surface area contributed by atoms with E-state index >= 15 is 0 Å². The van der Waals surface area contributed by atoms with Crippen molar-refractivity contribution in [3.8, 4) is 0 Å². The number of rotatable bonds is 7. The van der Waals surface area contributed by atoms with Crippen LogP contribution in [0.4, 0.5) is 27.4 Å². The van der Waals surface area contributed by atoms with E-state index in [1.54, 1.807) is 18.2 Å². The normalized spacial score (nSPS) is 17.6. The van der Waals surface area contributed by atoms with Crippen LogP contribution in [0.25, 0.3) is 0 Å². The van der Waals surface area contributed by atoms with Crippen LogP contribution in [0, 0.1) is 5.82 Å². The third kappa shape index (κ3) is 5.44. The molecule has 3 aromatic rings. The molecule has 3 aromatic heterocycles. The molecule has 7 N–H and O–H groups in total. The number of nitrogens with one attached hydrogen (secondary N) is 3. The highest BCUT2D eigenvalue weighted by atomic mass is 19.1. The van der Waals surface area contributed by atoms with E-state index in [2.05, 4.69) is 30.9 Å². The molecule has 1 aliphatic rings. The largest absolute Gasteiger partial charge is 0.365 e. The van der Waals surface area contributed by atoms with Crippen molar-refractivity contribution < 1.29 is 14.0 Å². The molecule has 10 nitrogen and oxygen atoms in total. The molecule has 176 valence electrons. The van der Waals surface area contributed by atoms with Gasteiger partial charge in [-0.3, -0.25) is 19.6 Å². The number of primary amides is 1. The topological polar surface area (TPSA) is 161 Å². The van der Waals surface area contributed by atoms with Gasteiger partial charge in [0.1, 0.15) is 5.82 Å². The molecule has 3 heterocycles. The molecule has 34 heavy (non-hydrogen) atoms. The van der Waals surface area contributed by atoms with E-state index in [1.807, 2.05) is 0 Å². The molecular formula is C23H25FN8O2. The van der Waals surface area contributed by atoms with Crippen LogP contribution < -0.4 is 27.4 Å². The standard InChI is InChI=1S/C23H25FN8O2/c24-17-10-16(20(26)33)21(32-22(17)31-19-4-2-1-3-18(19)25)29-14-9-15(12-28-11-14)30-23(34)13-5-7-27-8-6-13/h5-12,18-19H,1-4,25H2,(H2,26,33)(H,30,34)(H2,29,31,32)/t18-,19+/m0/s1. The van der Waals surface area contributed by atoms with Crippen LogP contribution in [0.5, 0.6) is 0 Å².